The summed E-state index contributed by atoms with van der Waals surface area (Å²) >= 11 is 0. The number of pyridine rings is 1. The van der Waals surface area contributed by atoms with Crippen LogP contribution in [-0.2, 0) is 10.0 Å². The Kier molecular flexibility index (Phi) is 6.18. The fourth-order valence-corrected chi connectivity index (χ4v) is 5.14. The molecule has 1 N–H and O–H groups in total. The number of benzene rings is 3. The fraction of sp³-hybridized carbons (Fsp3) is 0.0741. The molecule has 3 aromatic carbocycles. The zero-order valence-electron chi connectivity index (χ0n) is 19.8. The van der Waals surface area contributed by atoms with Gasteiger partial charge >= 0.3 is 0 Å². The minimum atomic E-state index is -3.98. The first-order valence-corrected chi connectivity index (χ1v) is 12.7. The summed E-state index contributed by atoms with van der Waals surface area (Å²) in [4.78, 5) is 12.9. The van der Waals surface area contributed by atoms with Crippen LogP contribution < -0.4 is 15.0 Å². The summed E-state index contributed by atoms with van der Waals surface area (Å²) in [6, 6.07) is 20.3. The van der Waals surface area contributed by atoms with Crippen LogP contribution in [0.2, 0.25) is 0 Å². The van der Waals surface area contributed by atoms with Crippen molar-refractivity contribution in [3.63, 3.8) is 0 Å². The van der Waals surface area contributed by atoms with Crippen LogP contribution in [0.5, 0.6) is 5.75 Å². The molecule has 0 aliphatic heterocycles. The standard InChI is InChI=1S/C27H21FN4O4S/c1-17-5-3-6-18(13-17)21-15-25(36-2)24(16-22(21)28)32-23-10-9-20(14-19(23)8-11-27(32)33)37(34,35)31-26-7-4-12-29-30-26/h3-16H,1-2H3,(H,30,31). The van der Waals surface area contributed by atoms with Crippen LogP contribution in [0, 0.1) is 12.7 Å². The lowest BCUT2D eigenvalue weighted by atomic mass is 10.0. The number of anilines is 1. The van der Waals surface area contributed by atoms with Crippen molar-refractivity contribution >= 4 is 26.7 Å². The van der Waals surface area contributed by atoms with E-state index in [2.05, 4.69) is 14.9 Å². The first-order valence-electron chi connectivity index (χ1n) is 11.2. The molecule has 0 fully saturated rings. The maximum atomic E-state index is 15.4. The lowest BCUT2D eigenvalue weighted by Crippen LogP contribution is -2.19. The fourth-order valence-electron chi connectivity index (χ4n) is 4.11. The molecular formula is C27H21FN4O4S. The van der Waals surface area contributed by atoms with Gasteiger partial charge in [0.15, 0.2) is 5.82 Å². The third kappa shape index (κ3) is 4.66. The Balaban J connectivity index is 1.63. The highest BCUT2D eigenvalue weighted by Crippen LogP contribution is 2.34. The van der Waals surface area contributed by atoms with Crippen LogP contribution in [0.3, 0.4) is 0 Å². The van der Waals surface area contributed by atoms with E-state index in [1.54, 1.807) is 18.2 Å². The molecule has 8 nitrogen and oxygen atoms in total. The number of aryl methyl sites for hydroxylation is 1. The molecule has 5 rings (SSSR count). The lowest BCUT2D eigenvalue weighted by molar-refractivity contribution is 0.412. The molecule has 37 heavy (non-hydrogen) atoms. The number of methoxy groups -OCH3 is 1. The third-order valence-electron chi connectivity index (χ3n) is 5.83. The molecule has 2 heterocycles. The zero-order chi connectivity index (χ0) is 26.2. The van der Waals surface area contributed by atoms with Gasteiger partial charge < -0.3 is 4.74 Å². The van der Waals surface area contributed by atoms with Crippen LogP contribution in [0.15, 0.2) is 94.7 Å². The van der Waals surface area contributed by atoms with Crippen molar-refractivity contribution in [3.05, 3.63) is 107 Å². The maximum absolute atomic E-state index is 15.4. The number of nitrogens with one attached hydrogen (secondary N) is 1. The monoisotopic (exact) mass is 516 g/mol. The van der Waals surface area contributed by atoms with Gasteiger partial charge in [0.1, 0.15) is 11.6 Å². The Labute approximate surface area is 212 Å². The number of aromatic nitrogens is 3. The molecule has 0 radical (unpaired) electrons. The predicted molar refractivity (Wildman–Crippen MR) is 139 cm³/mol. The van der Waals surface area contributed by atoms with E-state index in [4.69, 9.17) is 4.74 Å². The van der Waals surface area contributed by atoms with Gasteiger partial charge in [-0.2, -0.15) is 5.10 Å². The number of nitrogens with zero attached hydrogens (tertiary/aromatic N) is 3. The topological polar surface area (TPSA) is 103 Å². The van der Waals surface area contributed by atoms with Crippen molar-refractivity contribution < 1.29 is 17.5 Å². The van der Waals surface area contributed by atoms with E-state index in [9.17, 15) is 13.2 Å². The van der Waals surface area contributed by atoms with Crippen LogP contribution >= 0.6 is 0 Å². The van der Waals surface area contributed by atoms with Crippen molar-refractivity contribution in [2.45, 2.75) is 11.8 Å². The van der Waals surface area contributed by atoms with E-state index in [0.717, 1.165) is 5.56 Å². The third-order valence-corrected chi connectivity index (χ3v) is 7.18. The van der Waals surface area contributed by atoms with Crippen molar-refractivity contribution in [3.8, 4) is 22.6 Å². The Morgan fingerprint density at radius 2 is 1.81 bits per heavy atom. The molecule has 0 aliphatic carbocycles. The highest BCUT2D eigenvalue weighted by molar-refractivity contribution is 7.92. The van der Waals surface area contributed by atoms with E-state index < -0.39 is 21.4 Å². The van der Waals surface area contributed by atoms with Gasteiger partial charge in [-0.25, -0.2) is 12.8 Å². The summed E-state index contributed by atoms with van der Waals surface area (Å²) in [7, 11) is -2.54. The number of halogens is 1. The summed E-state index contributed by atoms with van der Waals surface area (Å²) in [5.74, 6) is -0.173. The number of sulfonamides is 1. The van der Waals surface area contributed by atoms with Gasteiger partial charge in [0.2, 0.25) is 0 Å². The first-order chi connectivity index (χ1) is 17.8. The minimum Gasteiger partial charge on any atom is -0.495 e. The van der Waals surface area contributed by atoms with Gasteiger partial charge in [-0.15, -0.1) is 5.10 Å². The average Bonchev–Trinajstić information content (AvgIpc) is 2.88. The molecule has 10 heteroatoms. The molecule has 0 bridgehead atoms. The second kappa shape index (κ2) is 9.47. The van der Waals surface area contributed by atoms with Gasteiger partial charge in [-0.1, -0.05) is 29.8 Å². The molecule has 0 saturated carbocycles. The van der Waals surface area contributed by atoms with Crippen molar-refractivity contribution in [1.29, 1.82) is 0 Å². The Morgan fingerprint density at radius 1 is 0.973 bits per heavy atom. The van der Waals surface area contributed by atoms with Gasteiger partial charge in [0.25, 0.3) is 15.6 Å². The molecule has 0 saturated heterocycles. The second-order valence-corrected chi connectivity index (χ2v) is 10.00. The highest BCUT2D eigenvalue weighted by atomic mass is 32.2. The maximum Gasteiger partial charge on any atom is 0.263 e. The lowest BCUT2D eigenvalue weighted by Gasteiger charge is -2.17. The van der Waals surface area contributed by atoms with Gasteiger partial charge in [0.05, 0.1) is 23.2 Å². The molecule has 0 spiro atoms. The molecule has 5 aromatic rings. The number of hydrogen-bond acceptors (Lipinski definition) is 6. The van der Waals surface area contributed by atoms with E-state index >= 15 is 4.39 Å². The summed E-state index contributed by atoms with van der Waals surface area (Å²) in [6.45, 7) is 1.92. The Hall–Kier alpha value is -4.57. The van der Waals surface area contributed by atoms with Gasteiger partial charge in [0, 0.05) is 29.3 Å². The number of ether oxygens (including phenoxy) is 1. The SMILES string of the molecule is COc1cc(-c2cccc(C)c2)c(F)cc1-n1c(=O)ccc2cc(S(=O)(=O)Nc3cccnn3)ccc21. The number of fused-ring (bicyclic) bond motifs is 1. The normalized spacial score (nSPS) is 11.4. The van der Waals surface area contributed by atoms with Crippen LogP contribution in [0.25, 0.3) is 27.7 Å². The molecule has 2 aromatic heterocycles. The quantitative estimate of drug-likeness (QED) is 0.351. The van der Waals surface area contributed by atoms with Crippen LogP contribution in [0.1, 0.15) is 5.56 Å². The molecule has 0 amide bonds. The predicted octanol–water partition coefficient (Wildman–Crippen LogP) is 4.70. The first kappa shape index (κ1) is 24.1. The second-order valence-electron chi connectivity index (χ2n) is 8.32. The van der Waals surface area contributed by atoms with Crippen molar-refractivity contribution in [1.82, 2.24) is 14.8 Å². The van der Waals surface area contributed by atoms with Crippen LogP contribution in [-0.4, -0.2) is 30.3 Å². The average molecular weight is 517 g/mol. The van der Waals surface area contributed by atoms with E-state index in [0.29, 0.717) is 22.0 Å². The summed E-state index contributed by atoms with van der Waals surface area (Å²) in [6.07, 6.45) is 1.43. The summed E-state index contributed by atoms with van der Waals surface area (Å²) < 4.78 is 50.4. The van der Waals surface area contributed by atoms with Crippen LogP contribution in [0.4, 0.5) is 10.2 Å². The molecule has 0 unspecified atom stereocenters. The number of hydrogen-bond donors (Lipinski definition) is 1. The zero-order valence-corrected chi connectivity index (χ0v) is 20.7. The minimum absolute atomic E-state index is 0.0382. The number of rotatable bonds is 6. The van der Waals surface area contributed by atoms with E-state index in [-0.39, 0.29) is 22.2 Å². The Bertz CT molecular complexity index is 1810. The smallest absolute Gasteiger partial charge is 0.263 e. The van der Waals surface area contributed by atoms with E-state index in [1.807, 2.05) is 25.1 Å². The van der Waals surface area contributed by atoms with Gasteiger partial charge in [-0.05, 0) is 55.0 Å². The molecular weight excluding hydrogens is 495 g/mol. The largest absolute Gasteiger partial charge is 0.495 e. The molecule has 0 atom stereocenters. The van der Waals surface area contributed by atoms with E-state index in [1.165, 1.54) is 60.3 Å². The van der Waals surface area contributed by atoms with Crippen molar-refractivity contribution in [2.24, 2.45) is 0 Å². The van der Waals surface area contributed by atoms with Gasteiger partial charge in [-0.3, -0.25) is 14.1 Å². The Morgan fingerprint density at radius 3 is 2.54 bits per heavy atom. The highest BCUT2D eigenvalue weighted by Gasteiger charge is 2.19. The molecule has 186 valence electrons. The summed E-state index contributed by atoms with van der Waals surface area (Å²) in [5, 5.41) is 7.86. The summed E-state index contributed by atoms with van der Waals surface area (Å²) in [5.41, 5.74) is 2.14. The molecule has 0 aliphatic rings. The van der Waals surface area contributed by atoms with Crippen molar-refractivity contribution in [2.75, 3.05) is 11.8 Å².